The zero-order valence-corrected chi connectivity index (χ0v) is 15.3. The predicted molar refractivity (Wildman–Crippen MR) is 97.7 cm³/mol. The Morgan fingerprint density at radius 3 is 2.56 bits per heavy atom. The first-order valence-corrected chi connectivity index (χ1v) is 9.45. The molecule has 0 aliphatic heterocycles. The number of furan rings is 1. The molecule has 0 unspecified atom stereocenters. The maximum atomic E-state index is 12.7. The predicted octanol–water partition coefficient (Wildman–Crippen LogP) is 3.27. The molecule has 0 fully saturated rings. The van der Waals surface area contributed by atoms with Gasteiger partial charge in [-0.1, -0.05) is 19.9 Å². The zero-order chi connectivity index (χ0) is 18.4. The van der Waals surface area contributed by atoms with Crippen molar-refractivity contribution < 1.29 is 17.6 Å². The fourth-order valence-electron chi connectivity index (χ4n) is 2.39. The molecule has 25 heavy (non-hydrogen) atoms. The summed E-state index contributed by atoms with van der Waals surface area (Å²) >= 11 is 0. The van der Waals surface area contributed by atoms with Crippen LogP contribution in [-0.4, -0.2) is 31.7 Å². The van der Waals surface area contributed by atoms with E-state index >= 15 is 0 Å². The monoisotopic (exact) mass is 362 g/mol. The number of rotatable bonds is 7. The van der Waals surface area contributed by atoms with Crippen molar-refractivity contribution in [1.29, 1.82) is 0 Å². The van der Waals surface area contributed by atoms with Crippen molar-refractivity contribution in [3.8, 4) is 0 Å². The van der Waals surface area contributed by atoms with Crippen LogP contribution in [0.2, 0.25) is 0 Å². The highest BCUT2D eigenvalue weighted by Crippen LogP contribution is 2.23. The number of hydrogen-bond donors (Lipinski definition) is 1. The number of nitrogens with zero attached hydrogens (tertiary/aromatic N) is 1. The Labute approximate surface area is 148 Å². The van der Waals surface area contributed by atoms with E-state index in [4.69, 9.17) is 4.42 Å². The first kappa shape index (κ1) is 19.0. The van der Waals surface area contributed by atoms with E-state index in [1.165, 1.54) is 28.8 Å². The van der Waals surface area contributed by atoms with Crippen molar-refractivity contribution in [1.82, 2.24) is 4.31 Å². The summed E-state index contributed by atoms with van der Waals surface area (Å²) in [6.45, 7) is 6.10. The maximum Gasteiger partial charge on any atom is 0.248 e. The Bertz CT molecular complexity index is 851. The molecule has 6 nitrogen and oxygen atoms in total. The first-order valence-electron chi connectivity index (χ1n) is 8.01. The molecule has 0 aliphatic rings. The van der Waals surface area contributed by atoms with E-state index in [0.717, 1.165) is 0 Å². The minimum atomic E-state index is -3.59. The number of aryl methyl sites for hydroxylation is 1. The molecule has 0 bridgehead atoms. The Hall–Kier alpha value is -2.38. The highest BCUT2D eigenvalue weighted by Gasteiger charge is 2.23. The summed E-state index contributed by atoms with van der Waals surface area (Å²) in [7, 11) is -3.59. The van der Waals surface area contributed by atoms with Gasteiger partial charge in [-0.2, -0.15) is 4.31 Å². The fraction of sp³-hybridized carbons (Fsp3) is 0.278. The lowest BCUT2D eigenvalue weighted by Gasteiger charge is -2.20. The Kier molecular flexibility index (Phi) is 6.17. The van der Waals surface area contributed by atoms with Gasteiger partial charge in [0.2, 0.25) is 15.9 Å². The smallest absolute Gasteiger partial charge is 0.248 e. The van der Waals surface area contributed by atoms with Crippen molar-refractivity contribution >= 4 is 27.7 Å². The van der Waals surface area contributed by atoms with Crippen LogP contribution in [0.25, 0.3) is 6.08 Å². The van der Waals surface area contributed by atoms with Gasteiger partial charge in [0.15, 0.2) is 0 Å². The van der Waals surface area contributed by atoms with Gasteiger partial charge in [0.05, 0.1) is 11.2 Å². The third-order valence-corrected chi connectivity index (χ3v) is 5.91. The molecule has 134 valence electrons. The molecule has 7 heteroatoms. The molecule has 0 radical (unpaired) electrons. The van der Waals surface area contributed by atoms with Gasteiger partial charge < -0.3 is 9.73 Å². The molecule has 1 heterocycles. The molecular formula is C18H22N2O4S. The molecule has 0 saturated carbocycles. The number of sulfonamides is 1. The van der Waals surface area contributed by atoms with Crippen LogP contribution in [0.1, 0.15) is 25.2 Å². The molecule has 1 amide bonds. The molecular weight excluding hydrogens is 340 g/mol. The lowest BCUT2D eigenvalue weighted by Crippen LogP contribution is -2.31. The molecule has 0 saturated heterocycles. The van der Waals surface area contributed by atoms with Gasteiger partial charge in [0.1, 0.15) is 5.76 Å². The maximum absolute atomic E-state index is 12.7. The van der Waals surface area contributed by atoms with Crippen LogP contribution in [0, 0.1) is 6.92 Å². The van der Waals surface area contributed by atoms with Crippen molar-refractivity contribution in [2.75, 3.05) is 18.4 Å². The van der Waals surface area contributed by atoms with Crippen LogP contribution in [0.3, 0.4) is 0 Å². The number of amides is 1. The van der Waals surface area contributed by atoms with Gasteiger partial charge in [-0.25, -0.2) is 8.42 Å². The number of nitrogens with one attached hydrogen (secondary N) is 1. The van der Waals surface area contributed by atoms with Crippen LogP contribution in [0.4, 0.5) is 5.69 Å². The summed E-state index contributed by atoms with van der Waals surface area (Å²) in [5, 5.41) is 2.67. The topological polar surface area (TPSA) is 79.6 Å². The van der Waals surface area contributed by atoms with Crippen molar-refractivity contribution in [3.05, 3.63) is 54.0 Å². The number of anilines is 1. The van der Waals surface area contributed by atoms with E-state index in [1.54, 1.807) is 45.0 Å². The molecule has 0 spiro atoms. The number of benzene rings is 1. The van der Waals surface area contributed by atoms with Gasteiger partial charge in [-0.15, -0.1) is 0 Å². The average molecular weight is 362 g/mol. The summed E-state index contributed by atoms with van der Waals surface area (Å²) in [5.74, 6) is 0.190. The third kappa shape index (κ3) is 4.58. The molecule has 1 aromatic heterocycles. The van der Waals surface area contributed by atoms with Gasteiger partial charge in [-0.05, 0) is 42.8 Å². The van der Waals surface area contributed by atoms with Crippen LogP contribution in [0.15, 0.2) is 52.0 Å². The summed E-state index contributed by atoms with van der Waals surface area (Å²) in [5.41, 5.74) is 1.06. The van der Waals surface area contributed by atoms with E-state index in [-0.39, 0.29) is 10.8 Å². The van der Waals surface area contributed by atoms with Crippen LogP contribution < -0.4 is 5.32 Å². The van der Waals surface area contributed by atoms with Crippen molar-refractivity contribution in [3.63, 3.8) is 0 Å². The van der Waals surface area contributed by atoms with Gasteiger partial charge in [0.25, 0.3) is 0 Å². The molecule has 2 aromatic rings. The quantitative estimate of drug-likeness (QED) is 0.767. The second-order valence-corrected chi connectivity index (χ2v) is 7.31. The molecule has 1 N–H and O–H groups in total. The van der Waals surface area contributed by atoms with Crippen LogP contribution in [-0.2, 0) is 14.8 Å². The molecule has 0 atom stereocenters. The zero-order valence-electron chi connectivity index (χ0n) is 14.5. The largest absolute Gasteiger partial charge is 0.465 e. The van der Waals surface area contributed by atoms with E-state index in [2.05, 4.69) is 5.32 Å². The fourth-order valence-corrected chi connectivity index (χ4v) is 4.10. The Morgan fingerprint density at radius 1 is 1.24 bits per heavy atom. The minimum absolute atomic E-state index is 0.198. The van der Waals surface area contributed by atoms with Crippen LogP contribution in [0.5, 0.6) is 0 Å². The summed E-state index contributed by atoms with van der Waals surface area (Å²) < 4.78 is 31.9. The second-order valence-electron chi connectivity index (χ2n) is 5.41. The van der Waals surface area contributed by atoms with E-state index < -0.39 is 10.0 Å². The highest BCUT2D eigenvalue weighted by atomic mass is 32.2. The lowest BCUT2D eigenvalue weighted by molar-refractivity contribution is -0.111. The van der Waals surface area contributed by atoms with Gasteiger partial charge in [0, 0.05) is 24.9 Å². The Morgan fingerprint density at radius 2 is 1.96 bits per heavy atom. The summed E-state index contributed by atoms with van der Waals surface area (Å²) in [4.78, 5) is 12.2. The van der Waals surface area contributed by atoms with E-state index in [9.17, 15) is 13.2 Å². The summed E-state index contributed by atoms with van der Waals surface area (Å²) in [6.07, 6.45) is 4.39. The third-order valence-electron chi connectivity index (χ3n) is 3.72. The standard InChI is InChI=1S/C18H22N2O4S/c1-4-20(5-2)25(22,23)17-13-15(9-8-14(17)3)19-18(21)11-10-16-7-6-12-24-16/h6-13H,4-5H2,1-3H3,(H,19,21). The first-order chi connectivity index (χ1) is 11.9. The number of carbonyl (C=O) groups is 1. The molecule has 2 rings (SSSR count). The molecule has 1 aromatic carbocycles. The number of carbonyl (C=O) groups excluding carboxylic acids is 1. The second kappa shape index (κ2) is 8.13. The van der Waals surface area contributed by atoms with Crippen molar-refractivity contribution in [2.24, 2.45) is 0 Å². The van der Waals surface area contributed by atoms with E-state index in [0.29, 0.717) is 30.1 Å². The van der Waals surface area contributed by atoms with Gasteiger partial charge >= 0.3 is 0 Å². The van der Waals surface area contributed by atoms with Gasteiger partial charge in [-0.3, -0.25) is 4.79 Å². The normalized spacial score (nSPS) is 12.0. The lowest BCUT2D eigenvalue weighted by atomic mass is 10.2. The Balaban J connectivity index is 2.22. The summed E-state index contributed by atoms with van der Waals surface area (Å²) in [6, 6.07) is 8.30. The molecule has 0 aliphatic carbocycles. The number of hydrogen-bond acceptors (Lipinski definition) is 4. The highest BCUT2D eigenvalue weighted by molar-refractivity contribution is 7.89. The average Bonchev–Trinajstić information content (AvgIpc) is 3.09. The SMILES string of the molecule is CCN(CC)S(=O)(=O)c1cc(NC(=O)C=Cc2ccco2)ccc1C. The van der Waals surface area contributed by atoms with Crippen LogP contribution >= 0.6 is 0 Å². The van der Waals surface area contributed by atoms with Crippen molar-refractivity contribution in [2.45, 2.75) is 25.7 Å². The van der Waals surface area contributed by atoms with E-state index in [1.807, 2.05) is 0 Å². The minimum Gasteiger partial charge on any atom is -0.465 e.